The molecule has 1 aliphatic rings. The van der Waals surface area contributed by atoms with Crippen LogP contribution >= 0.6 is 11.3 Å². The highest BCUT2D eigenvalue weighted by molar-refractivity contribution is 7.92. The van der Waals surface area contributed by atoms with Gasteiger partial charge in [0.25, 0.3) is 15.9 Å². The third kappa shape index (κ3) is 4.18. The molecule has 3 aromatic rings. The first-order chi connectivity index (χ1) is 13.4. The number of sulfonamides is 1. The van der Waals surface area contributed by atoms with Crippen molar-refractivity contribution in [2.75, 3.05) is 10.0 Å². The Morgan fingerprint density at radius 2 is 1.86 bits per heavy atom. The molecule has 0 radical (unpaired) electrons. The van der Waals surface area contributed by atoms with Gasteiger partial charge in [0.2, 0.25) is 5.13 Å². The van der Waals surface area contributed by atoms with E-state index in [1.807, 2.05) is 0 Å². The normalized spacial score (nSPS) is 13.9. The van der Waals surface area contributed by atoms with Gasteiger partial charge in [-0.05, 0) is 55.3 Å². The Hall–Kier alpha value is -2.85. The maximum Gasteiger partial charge on any atom is 0.261 e. The van der Waals surface area contributed by atoms with Gasteiger partial charge in [0.05, 0.1) is 4.90 Å². The van der Waals surface area contributed by atoms with Crippen LogP contribution in [0.1, 0.15) is 34.1 Å². The van der Waals surface area contributed by atoms with Crippen LogP contribution in [0, 0.1) is 5.82 Å². The van der Waals surface area contributed by atoms with Gasteiger partial charge < -0.3 is 0 Å². The minimum atomic E-state index is -3.93. The second-order valence-corrected chi connectivity index (χ2v) is 9.01. The topological polar surface area (TPSA) is 101 Å². The zero-order valence-corrected chi connectivity index (χ0v) is 16.1. The minimum absolute atomic E-state index is 0.0830. The predicted octanol–water partition coefficient (Wildman–Crippen LogP) is 3.61. The number of nitrogens with zero attached hydrogens (tertiary/aromatic N) is 2. The van der Waals surface area contributed by atoms with Crippen molar-refractivity contribution in [3.05, 3.63) is 64.9 Å². The van der Waals surface area contributed by atoms with Gasteiger partial charge in [-0.3, -0.25) is 14.8 Å². The van der Waals surface area contributed by atoms with Crippen LogP contribution in [0.3, 0.4) is 0 Å². The van der Waals surface area contributed by atoms with E-state index in [1.54, 1.807) is 0 Å². The van der Waals surface area contributed by atoms with Crippen LogP contribution in [0.4, 0.5) is 15.2 Å². The lowest BCUT2D eigenvalue weighted by Crippen LogP contribution is -2.16. The zero-order valence-electron chi connectivity index (χ0n) is 14.4. The molecule has 0 atom stereocenters. The van der Waals surface area contributed by atoms with Crippen molar-refractivity contribution in [3.63, 3.8) is 0 Å². The first-order valence-corrected chi connectivity index (χ1v) is 10.7. The predicted molar refractivity (Wildman–Crippen MR) is 103 cm³/mol. The lowest BCUT2D eigenvalue weighted by molar-refractivity contribution is 0.102. The molecule has 1 aromatic heterocycles. The van der Waals surface area contributed by atoms with Crippen LogP contribution in [-0.4, -0.2) is 24.5 Å². The van der Waals surface area contributed by atoms with Crippen LogP contribution in [-0.2, 0) is 10.0 Å². The fourth-order valence-corrected chi connectivity index (χ4v) is 4.50. The smallest absolute Gasteiger partial charge is 0.261 e. The molecule has 0 saturated heterocycles. The highest BCUT2D eigenvalue weighted by Gasteiger charge is 2.28. The highest BCUT2D eigenvalue weighted by Crippen LogP contribution is 2.42. The third-order valence-corrected chi connectivity index (χ3v) is 6.47. The Bertz CT molecular complexity index is 1130. The molecule has 2 aromatic carbocycles. The van der Waals surface area contributed by atoms with Gasteiger partial charge in [0.15, 0.2) is 0 Å². The van der Waals surface area contributed by atoms with Gasteiger partial charge in [0.1, 0.15) is 10.8 Å². The molecule has 0 unspecified atom stereocenters. The molecule has 1 fully saturated rings. The number of hydrogen-bond donors (Lipinski definition) is 2. The van der Waals surface area contributed by atoms with Crippen molar-refractivity contribution in [1.29, 1.82) is 0 Å². The molecule has 1 amide bonds. The Morgan fingerprint density at radius 1 is 1.11 bits per heavy atom. The van der Waals surface area contributed by atoms with Crippen molar-refractivity contribution in [2.45, 2.75) is 23.7 Å². The first-order valence-electron chi connectivity index (χ1n) is 8.44. The van der Waals surface area contributed by atoms with Crippen LogP contribution in [0.5, 0.6) is 0 Å². The average molecular weight is 418 g/mol. The number of benzene rings is 2. The summed E-state index contributed by atoms with van der Waals surface area (Å²) in [5, 5.41) is 11.9. The number of nitrogens with one attached hydrogen (secondary N) is 2. The molecule has 0 bridgehead atoms. The Balaban J connectivity index is 1.50. The van der Waals surface area contributed by atoms with E-state index >= 15 is 0 Å². The van der Waals surface area contributed by atoms with Crippen LogP contribution in [0.25, 0.3) is 0 Å². The fourth-order valence-electron chi connectivity index (χ4n) is 2.49. The molecule has 0 spiro atoms. The molecule has 4 rings (SSSR count). The molecule has 7 nitrogen and oxygen atoms in total. The molecule has 2 N–H and O–H groups in total. The summed E-state index contributed by atoms with van der Waals surface area (Å²) in [6.45, 7) is 0. The van der Waals surface area contributed by atoms with E-state index in [9.17, 15) is 17.6 Å². The molecule has 1 saturated carbocycles. The number of amides is 1. The number of carbonyl (C=O) groups excluding carboxylic acids is 1. The number of halogens is 1. The van der Waals surface area contributed by atoms with Crippen molar-refractivity contribution >= 4 is 38.1 Å². The van der Waals surface area contributed by atoms with Crippen LogP contribution < -0.4 is 10.0 Å². The van der Waals surface area contributed by atoms with Crippen molar-refractivity contribution in [1.82, 2.24) is 10.2 Å². The summed E-state index contributed by atoms with van der Waals surface area (Å²) < 4.78 is 40.4. The number of rotatable bonds is 6. The van der Waals surface area contributed by atoms with Gasteiger partial charge in [0, 0.05) is 17.2 Å². The van der Waals surface area contributed by atoms with E-state index in [0.29, 0.717) is 11.0 Å². The number of carbonyl (C=O) groups is 1. The SMILES string of the molecule is O=C(Nc1nnc(C2CC2)s1)c1cccc(S(=O)(=O)Nc2ccc(F)cc2)c1. The summed E-state index contributed by atoms with van der Waals surface area (Å²) in [6, 6.07) is 10.6. The van der Waals surface area contributed by atoms with E-state index in [4.69, 9.17) is 0 Å². The van der Waals surface area contributed by atoms with Gasteiger partial charge in [-0.15, -0.1) is 10.2 Å². The summed E-state index contributed by atoms with van der Waals surface area (Å²) in [7, 11) is -3.93. The maximum absolute atomic E-state index is 13.0. The molecular weight excluding hydrogens is 403 g/mol. The lowest BCUT2D eigenvalue weighted by atomic mass is 10.2. The molecule has 1 heterocycles. The Labute approximate surface area is 164 Å². The number of hydrogen-bond acceptors (Lipinski definition) is 6. The number of anilines is 2. The quantitative estimate of drug-likeness (QED) is 0.637. The van der Waals surface area contributed by atoms with Gasteiger partial charge in [-0.25, -0.2) is 12.8 Å². The van der Waals surface area contributed by atoms with E-state index < -0.39 is 21.7 Å². The first kappa shape index (κ1) is 18.5. The Kier molecular flexibility index (Phi) is 4.82. The summed E-state index contributed by atoms with van der Waals surface area (Å²) in [6.07, 6.45) is 2.17. The molecule has 1 aliphatic carbocycles. The second-order valence-electron chi connectivity index (χ2n) is 6.31. The molecule has 144 valence electrons. The zero-order chi connectivity index (χ0) is 19.7. The molecule has 28 heavy (non-hydrogen) atoms. The largest absolute Gasteiger partial charge is 0.296 e. The van der Waals surface area contributed by atoms with Crippen molar-refractivity contribution in [3.8, 4) is 0 Å². The van der Waals surface area contributed by atoms with E-state index in [-0.39, 0.29) is 16.1 Å². The minimum Gasteiger partial charge on any atom is -0.296 e. The standard InChI is InChI=1S/C18H15FN4O3S2/c19-13-6-8-14(9-7-13)23-28(25,26)15-3-1-2-12(10-15)16(24)20-18-22-21-17(27-18)11-4-5-11/h1-3,6-11,23H,4-5H2,(H,20,22,24). The highest BCUT2D eigenvalue weighted by atomic mass is 32.2. The summed E-state index contributed by atoms with van der Waals surface area (Å²) in [4.78, 5) is 12.4. The maximum atomic E-state index is 13.0. The van der Waals surface area contributed by atoms with Gasteiger partial charge in [-0.1, -0.05) is 17.4 Å². The summed E-state index contributed by atoms with van der Waals surface area (Å²) in [5.74, 6) is -0.505. The fraction of sp³-hybridized carbons (Fsp3) is 0.167. The van der Waals surface area contributed by atoms with Gasteiger partial charge in [-0.2, -0.15) is 0 Å². The Morgan fingerprint density at radius 3 is 2.57 bits per heavy atom. The number of aromatic nitrogens is 2. The second kappa shape index (κ2) is 7.28. The van der Waals surface area contributed by atoms with Gasteiger partial charge >= 0.3 is 0 Å². The average Bonchev–Trinajstić information content (AvgIpc) is 3.43. The molecule has 0 aliphatic heterocycles. The summed E-state index contributed by atoms with van der Waals surface area (Å²) >= 11 is 1.32. The van der Waals surface area contributed by atoms with Crippen molar-refractivity contribution < 1.29 is 17.6 Å². The van der Waals surface area contributed by atoms with E-state index in [1.165, 1.54) is 47.7 Å². The molecule has 10 heteroatoms. The lowest BCUT2D eigenvalue weighted by Gasteiger charge is -2.09. The van der Waals surface area contributed by atoms with E-state index in [0.717, 1.165) is 30.0 Å². The molecular formula is C18H15FN4O3S2. The third-order valence-electron chi connectivity index (χ3n) is 4.09. The van der Waals surface area contributed by atoms with Crippen LogP contribution in [0.2, 0.25) is 0 Å². The van der Waals surface area contributed by atoms with E-state index in [2.05, 4.69) is 20.2 Å². The summed E-state index contributed by atoms with van der Waals surface area (Å²) in [5.41, 5.74) is 0.392. The van der Waals surface area contributed by atoms with Crippen LogP contribution in [0.15, 0.2) is 53.4 Å². The van der Waals surface area contributed by atoms with Crippen molar-refractivity contribution in [2.24, 2.45) is 0 Å². The monoisotopic (exact) mass is 418 g/mol.